The van der Waals surface area contributed by atoms with Gasteiger partial charge in [0.2, 0.25) is 5.91 Å². The highest BCUT2D eigenvalue weighted by atomic mass is 16.5. The molecule has 0 bridgehead atoms. The number of carbonyl (C=O) groups excluding carboxylic acids is 1. The van der Waals surface area contributed by atoms with Gasteiger partial charge in [-0.1, -0.05) is 6.42 Å². The van der Waals surface area contributed by atoms with Gasteiger partial charge in [0.1, 0.15) is 0 Å². The molecule has 2 rings (SSSR count). The Morgan fingerprint density at radius 1 is 1.40 bits per heavy atom. The highest BCUT2D eigenvalue weighted by Crippen LogP contribution is 2.16. The van der Waals surface area contributed by atoms with Crippen molar-refractivity contribution in [3.63, 3.8) is 0 Å². The molecule has 0 aromatic rings. The Morgan fingerprint density at radius 3 is 2.87 bits per heavy atom. The number of rotatable bonds is 2. The van der Waals surface area contributed by atoms with E-state index in [1.165, 1.54) is 12.8 Å². The van der Waals surface area contributed by atoms with Crippen molar-refractivity contribution in [2.24, 2.45) is 0 Å². The average molecular weight is 212 g/mol. The largest absolute Gasteiger partial charge is 0.380 e. The van der Waals surface area contributed by atoms with Crippen LogP contribution < -0.4 is 5.32 Å². The number of likely N-dealkylation sites (tertiary alicyclic amines) is 1. The van der Waals surface area contributed by atoms with Crippen LogP contribution in [0.5, 0.6) is 0 Å². The smallest absolute Gasteiger partial charge is 0.239 e. The Kier molecular flexibility index (Phi) is 3.59. The number of carbonyl (C=O) groups is 1. The molecule has 2 heterocycles. The van der Waals surface area contributed by atoms with Crippen LogP contribution in [0.2, 0.25) is 0 Å². The molecule has 2 fully saturated rings. The zero-order chi connectivity index (χ0) is 10.7. The van der Waals surface area contributed by atoms with Crippen LogP contribution in [0.3, 0.4) is 0 Å². The summed E-state index contributed by atoms with van der Waals surface area (Å²) in [6.45, 7) is 2.61. The molecule has 2 atom stereocenters. The van der Waals surface area contributed by atoms with Crippen LogP contribution >= 0.6 is 0 Å². The Balaban J connectivity index is 1.85. The summed E-state index contributed by atoms with van der Waals surface area (Å²) in [5.74, 6) is 0.272. The Morgan fingerprint density at radius 2 is 2.27 bits per heavy atom. The second kappa shape index (κ2) is 4.94. The van der Waals surface area contributed by atoms with Gasteiger partial charge in [0.05, 0.1) is 12.1 Å². The van der Waals surface area contributed by atoms with Crippen LogP contribution in [-0.4, -0.2) is 49.7 Å². The minimum absolute atomic E-state index is 0.0642. The van der Waals surface area contributed by atoms with Gasteiger partial charge in [0.25, 0.3) is 0 Å². The molecule has 4 heteroatoms. The fraction of sp³-hybridized carbons (Fsp3) is 0.909. The van der Waals surface area contributed by atoms with Crippen LogP contribution in [0.25, 0.3) is 0 Å². The van der Waals surface area contributed by atoms with E-state index in [0.29, 0.717) is 0 Å². The normalized spacial score (nSPS) is 31.9. The molecule has 2 unspecified atom stereocenters. The van der Waals surface area contributed by atoms with Crippen molar-refractivity contribution in [1.82, 2.24) is 10.2 Å². The third-order valence-electron chi connectivity index (χ3n) is 3.40. The van der Waals surface area contributed by atoms with E-state index < -0.39 is 0 Å². The Labute approximate surface area is 91.0 Å². The summed E-state index contributed by atoms with van der Waals surface area (Å²) in [6, 6.07) is 0.0642. The van der Waals surface area contributed by atoms with Gasteiger partial charge in [0, 0.05) is 20.2 Å². The lowest BCUT2D eigenvalue weighted by Crippen LogP contribution is -2.48. The number of piperidine rings is 1. The number of nitrogens with one attached hydrogen (secondary N) is 1. The number of nitrogens with zero attached hydrogens (tertiary/aromatic N) is 1. The van der Waals surface area contributed by atoms with Crippen molar-refractivity contribution in [3.8, 4) is 0 Å². The van der Waals surface area contributed by atoms with E-state index >= 15 is 0 Å². The molecule has 0 saturated carbocycles. The molecule has 1 amide bonds. The highest BCUT2D eigenvalue weighted by Gasteiger charge is 2.31. The molecule has 0 aliphatic carbocycles. The minimum Gasteiger partial charge on any atom is -0.380 e. The van der Waals surface area contributed by atoms with Gasteiger partial charge < -0.3 is 15.0 Å². The molecule has 0 radical (unpaired) electrons. The van der Waals surface area contributed by atoms with E-state index in [1.54, 1.807) is 7.11 Å². The summed E-state index contributed by atoms with van der Waals surface area (Å²) in [7, 11) is 1.72. The maximum atomic E-state index is 12.1. The van der Waals surface area contributed by atoms with Gasteiger partial charge in [-0.05, 0) is 25.8 Å². The van der Waals surface area contributed by atoms with Gasteiger partial charge in [-0.3, -0.25) is 4.79 Å². The van der Waals surface area contributed by atoms with E-state index in [-0.39, 0.29) is 18.1 Å². The molecule has 2 saturated heterocycles. The zero-order valence-corrected chi connectivity index (χ0v) is 9.37. The van der Waals surface area contributed by atoms with Gasteiger partial charge >= 0.3 is 0 Å². The summed E-state index contributed by atoms with van der Waals surface area (Å²) < 4.78 is 5.26. The van der Waals surface area contributed by atoms with Crippen LogP contribution in [-0.2, 0) is 9.53 Å². The zero-order valence-electron chi connectivity index (χ0n) is 9.37. The first-order valence-electron chi connectivity index (χ1n) is 5.86. The van der Waals surface area contributed by atoms with Crippen LogP contribution in [0.4, 0.5) is 0 Å². The van der Waals surface area contributed by atoms with Crippen molar-refractivity contribution >= 4 is 5.91 Å². The van der Waals surface area contributed by atoms with E-state index in [2.05, 4.69) is 5.32 Å². The van der Waals surface area contributed by atoms with Crippen LogP contribution in [0.15, 0.2) is 0 Å². The van der Waals surface area contributed by atoms with Crippen LogP contribution in [0, 0.1) is 0 Å². The van der Waals surface area contributed by atoms with Gasteiger partial charge in [0.15, 0.2) is 0 Å². The monoisotopic (exact) mass is 212 g/mol. The maximum absolute atomic E-state index is 12.1. The van der Waals surface area contributed by atoms with E-state index in [9.17, 15) is 4.79 Å². The molecule has 4 nitrogen and oxygen atoms in total. The van der Waals surface area contributed by atoms with Gasteiger partial charge in [-0.25, -0.2) is 0 Å². The molecule has 0 aromatic carbocycles. The molecule has 0 aromatic heterocycles. The molecule has 2 aliphatic rings. The minimum atomic E-state index is 0.0642. The lowest BCUT2D eigenvalue weighted by molar-refractivity contribution is -0.133. The van der Waals surface area contributed by atoms with Crippen molar-refractivity contribution in [3.05, 3.63) is 0 Å². The first-order valence-corrected chi connectivity index (χ1v) is 5.86. The van der Waals surface area contributed by atoms with Crippen molar-refractivity contribution < 1.29 is 9.53 Å². The molecule has 15 heavy (non-hydrogen) atoms. The van der Waals surface area contributed by atoms with Crippen LogP contribution in [0.1, 0.15) is 25.7 Å². The fourth-order valence-electron chi connectivity index (χ4n) is 2.40. The van der Waals surface area contributed by atoms with E-state index in [4.69, 9.17) is 4.74 Å². The SMILES string of the molecule is COC1CCN(C(=O)C2CCCCN2)C1. The van der Waals surface area contributed by atoms with Crippen molar-refractivity contribution in [2.45, 2.75) is 37.8 Å². The summed E-state index contributed by atoms with van der Waals surface area (Å²) in [5, 5.41) is 3.30. The highest BCUT2D eigenvalue weighted by molar-refractivity contribution is 5.82. The van der Waals surface area contributed by atoms with Gasteiger partial charge in [-0.2, -0.15) is 0 Å². The summed E-state index contributed by atoms with van der Waals surface area (Å²) in [4.78, 5) is 14.0. The maximum Gasteiger partial charge on any atom is 0.239 e. The standard InChI is InChI=1S/C11H20N2O2/c1-15-9-5-7-13(8-9)11(14)10-4-2-3-6-12-10/h9-10,12H,2-8H2,1H3. The molecular formula is C11H20N2O2. The van der Waals surface area contributed by atoms with Crippen molar-refractivity contribution in [1.29, 1.82) is 0 Å². The fourth-order valence-corrected chi connectivity index (χ4v) is 2.40. The third kappa shape index (κ3) is 2.49. The summed E-state index contributed by atoms with van der Waals surface area (Å²) in [5.41, 5.74) is 0. The lowest BCUT2D eigenvalue weighted by atomic mass is 10.0. The molecule has 86 valence electrons. The molecule has 1 N–H and O–H groups in total. The Hall–Kier alpha value is -0.610. The first-order chi connectivity index (χ1) is 7.31. The third-order valence-corrected chi connectivity index (χ3v) is 3.40. The molecule has 2 aliphatic heterocycles. The number of ether oxygens (including phenoxy) is 1. The second-order valence-corrected chi connectivity index (χ2v) is 4.43. The number of hydrogen-bond donors (Lipinski definition) is 1. The summed E-state index contributed by atoms with van der Waals surface area (Å²) in [6.07, 6.45) is 4.59. The number of methoxy groups -OCH3 is 1. The Bertz CT molecular complexity index is 227. The predicted octanol–water partition coefficient (Wildman–Crippen LogP) is 0.376. The second-order valence-electron chi connectivity index (χ2n) is 4.43. The quantitative estimate of drug-likeness (QED) is 0.719. The van der Waals surface area contributed by atoms with Crippen molar-refractivity contribution in [2.75, 3.05) is 26.7 Å². The summed E-state index contributed by atoms with van der Waals surface area (Å²) >= 11 is 0. The topological polar surface area (TPSA) is 41.6 Å². The lowest BCUT2D eigenvalue weighted by Gasteiger charge is -2.27. The van der Waals surface area contributed by atoms with Gasteiger partial charge in [-0.15, -0.1) is 0 Å². The molecule has 0 spiro atoms. The molecular weight excluding hydrogens is 192 g/mol. The number of hydrogen-bond acceptors (Lipinski definition) is 3. The number of amides is 1. The van der Waals surface area contributed by atoms with E-state index in [1.807, 2.05) is 4.90 Å². The van der Waals surface area contributed by atoms with E-state index in [0.717, 1.165) is 32.5 Å². The average Bonchev–Trinajstić information content (AvgIpc) is 2.78. The first kappa shape index (κ1) is 10.9. The predicted molar refractivity (Wildman–Crippen MR) is 57.6 cm³/mol.